The van der Waals surface area contributed by atoms with E-state index in [1.807, 2.05) is 48.5 Å². The summed E-state index contributed by atoms with van der Waals surface area (Å²) in [5.41, 5.74) is 1.32. The molecule has 2 aromatic carbocycles. The predicted octanol–water partition coefficient (Wildman–Crippen LogP) is 4.04. The number of ether oxygens (including phenoxy) is 1. The number of anilines is 1. The zero-order valence-electron chi connectivity index (χ0n) is 18.0. The molecule has 0 saturated carbocycles. The van der Waals surface area contributed by atoms with E-state index in [1.54, 1.807) is 29.3 Å². The van der Waals surface area contributed by atoms with E-state index in [9.17, 15) is 9.59 Å². The Labute approximate surface area is 191 Å². The first-order chi connectivity index (χ1) is 15.5. The number of benzene rings is 2. The Kier molecular flexibility index (Phi) is 6.92. The van der Waals surface area contributed by atoms with Crippen LogP contribution in [0.25, 0.3) is 5.69 Å². The van der Waals surface area contributed by atoms with Gasteiger partial charge in [0.25, 0.3) is 0 Å². The van der Waals surface area contributed by atoms with Gasteiger partial charge >= 0.3 is 5.69 Å². The molecule has 0 bridgehead atoms. The Morgan fingerprint density at radius 1 is 1.22 bits per heavy atom. The van der Waals surface area contributed by atoms with E-state index in [1.165, 1.54) is 4.68 Å². The quantitative estimate of drug-likeness (QED) is 0.550. The van der Waals surface area contributed by atoms with Gasteiger partial charge in [-0.1, -0.05) is 23.9 Å². The summed E-state index contributed by atoms with van der Waals surface area (Å²) >= 11 is 1.59. The maximum absolute atomic E-state index is 12.6. The lowest BCUT2D eigenvalue weighted by Crippen LogP contribution is -2.28. The van der Waals surface area contributed by atoms with Gasteiger partial charge in [0.1, 0.15) is 5.82 Å². The molecule has 8 heteroatoms. The van der Waals surface area contributed by atoms with Gasteiger partial charge in [0.05, 0.1) is 5.69 Å². The Morgan fingerprint density at radius 2 is 1.97 bits per heavy atom. The average Bonchev–Trinajstić information content (AvgIpc) is 3.09. The molecule has 1 aliphatic rings. The van der Waals surface area contributed by atoms with E-state index in [0.717, 1.165) is 28.3 Å². The Hall–Kier alpha value is -3.10. The van der Waals surface area contributed by atoms with Crippen LogP contribution in [0.2, 0.25) is 0 Å². The predicted molar refractivity (Wildman–Crippen MR) is 125 cm³/mol. The first-order valence-corrected chi connectivity index (χ1v) is 11.4. The van der Waals surface area contributed by atoms with Crippen LogP contribution in [-0.4, -0.2) is 33.5 Å². The largest absolute Gasteiger partial charge is 0.381 e. The summed E-state index contributed by atoms with van der Waals surface area (Å²) in [5, 5.41) is 7.38. The fraction of sp³-hybridized carbons (Fsp3) is 0.292. The number of hydrogen-bond acceptors (Lipinski definition) is 5. The third-order valence-corrected chi connectivity index (χ3v) is 6.37. The van der Waals surface area contributed by atoms with Crippen molar-refractivity contribution in [2.75, 3.05) is 18.5 Å². The molecule has 0 atom stereocenters. The van der Waals surface area contributed by atoms with Crippen molar-refractivity contribution in [1.82, 2.24) is 14.3 Å². The first-order valence-electron chi connectivity index (χ1n) is 10.6. The SMILES string of the molecule is C=CCn1c(C)nn(-c2ccc(Sc3cccc(NC(=O)C4CCOCC4)c3)cc2)c1=O. The molecule has 0 spiro atoms. The molecular formula is C24H26N4O3S. The third-order valence-electron chi connectivity index (χ3n) is 5.37. The van der Waals surface area contributed by atoms with Gasteiger partial charge in [-0.3, -0.25) is 9.36 Å². The van der Waals surface area contributed by atoms with Gasteiger partial charge in [-0.2, -0.15) is 9.78 Å². The summed E-state index contributed by atoms with van der Waals surface area (Å²) < 4.78 is 8.32. The zero-order chi connectivity index (χ0) is 22.5. The number of aromatic nitrogens is 3. The fourth-order valence-corrected chi connectivity index (χ4v) is 4.51. The van der Waals surface area contributed by atoms with Crippen LogP contribution in [0.15, 0.2) is 75.8 Å². The van der Waals surface area contributed by atoms with E-state index in [0.29, 0.717) is 31.3 Å². The van der Waals surface area contributed by atoms with E-state index in [2.05, 4.69) is 17.0 Å². The van der Waals surface area contributed by atoms with E-state index in [4.69, 9.17) is 4.74 Å². The van der Waals surface area contributed by atoms with Crippen LogP contribution < -0.4 is 11.0 Å². The minimum absolute atomic E-state index is 0.00889. The molecule has 2 heterocycles. The van der Waals surface area contributed by atoms with Crippen LogP contribution >= 0.6 is 11.8 Å². The highest BCUT2D eigenvalue weighted by atomic mass is 32.2. The highest BCUT2D eigenvalue weighted by molar-refractivity contribution is 7.99. The lowest BCUT2D eigenvalue weighted by Gasteiger charge is -2.21. The van der Waals surface area contributed by atoms with Crippen LogP contribution in [0, 0.1) is 12.8 Å². The summed E-state index contributed by atoms with van der Waals surface area (Å²) in [6.07, 6.45) is 3.21. The van der Waals surface area contributed by atoms with Crippen LogP contribution in [-0.2, 0) is 16.1 Å². The number of aryl methyl sites for hydroxylation is 1. The first kappa shape index (κ1) is 22.1. The van der Waals surface area contributed by atoms with Crippen LogP contribution in [0.1, 0.15) is 18.7 Å². The number of allylic oxidation sites excluding steroid dienone is 1. The van der Waals surface area contributed by atoms with Crippen molar-refractivity contribution in [2.24, 2.45) is 5.92 Å². The minimum atomic E-state index is -0.184. The van der Waals surface area contributed by atoms with Crippen molar-refractivity contribution >= 4 is 23.4 Å². The molecule has 0 radical (unpaired) electrons. The number of carbonyl (C=O) groups is 1. The Morgan fingerprint density at radius 3 is 2.69 bits per heavy atom. The van der Waals surface area contributed by atoms with Crippen molar-refractivity contribution in [3.63, 3.8) is 0 Å². The summed E-state index contributed by atoms with van der Waals surface area (Å²) in [6.45, 7) is 7.21. The number of rotatable bonds is 7. The molecule has 4 rings (SSSR count). The van der Waals surface area contributed by atoms with Gasteiger partial charge in [0.2, 0.25) is 5.91 Å². The number of amides is 1. The van der Waals surface area contributed by atoms with Gasteiger partial charge in [-0.05, 0) is 62.2 Å². The van der Waals surface area contributed by atoms with Crippen molar-refractivity contribution < 1.29 is 9.53 Å². The molecular weight excluding hydrogens is 424 g/mol. The topological polar surface area (TPSA) is 78.2 Å². The summed E-state index contributed by atoms with van der Waals surface area (Å²) in [7, 11) is 0. The molecule has 0 unspecified atom stereocenters. The van der Waals surface area contributed by atoms with Gasteiger partial charge in [0.15, 0.2) is 0 Å². The molecule has 32 heavy (non-hydrogen) atoms. The van der Waals surface area contributed by atoms with E-state index >= 15 is 0 Å². The second kappa shape index (κ2) is 10.0. The molecule has 3 aromatic rings. The fourth-order valence-electron chi connectivity index (χ4n) is 3.63. The summed E-state index contributed by atoms with van der Waals surface area (Å²) in [6, 6.07) is 15.5. The van der Waals surface area contributed by atoms with Crippen molar-refractivity contribution in [2.45, 2.75) is 36.1 Å². The highest BCUT2D eigenvalue weighted by Gasteiger charge is 2.21. The number of carbonyl (C=O) groups excluding carboxylic acids is 1. The highest BCUT2D eigenvalue weighted by Crippen LogP contribution is 2.30. The van der Waals surface area contributed by atoms with Crippen LogP contribution in [0.3, 0.4) is 0 Å². The maximum Gasteiger partial charge on any atom is 0.351 e. The molecule has 1 saturated heterocycles. The van der Waals surface area contributed by atoms with Crippen molar-refractivity contribution in [3.05, 3.63) is 77.5 Å². The monoisotopic (exact) mass is 450 g/mol. The lowest BCUT2D eigenvalue weighted by molar-refractivity contribution is -0.122. The van der Waals surface area contributed by atoms with Gasteiger partial charge < -0.3 is 10.1 Å². The second-order valence-corrected chi connectivity index (χ2v) is 8.79. The van der Waals surface area contributed by atoms with Gasteiger partial charge in [-0.15, -0.1) is 6.58 Å². The number of nitrogens with one attached hydrogen (secondary N) is 1. The molecule has 166 valence electrons. The van der Waals surface area contributed by atoms with E-state index < -0.39 is 0 Å². The van der Waals surface area contributed by atoms with Crippen molar-refractivity contribution in [3.8, 4) is 5.69 Å². The lowest BCUT2D eigenvalue weighted by atomic mass is 9.99. The molecule has 1 aliphatic heterocycles. The Balaban J connectivity index is 1.44. The van der Waals surface area contributed by atoms with Gasteiger partial charge in [-0.25, -0.2) is 4.79 Å². The minimum Gasteiger partial charge on any atom is -0.381 e. The maximum atomic E-state index is 12.6. The summed E-state index contributed by atoms with van der Waals surface area (Å²) in [4.78, 5) is 27.1. The average molecular weight is 451 g/mol. The smallest absolute Gasteiger partial charge is 0.351 e. The molecule has 7 nitrogen and oxygen atoms in total. The van der Waals surface area contributed by atoms with E-state index in [-0.39, 0.29) is 17.5 Å². The van der Waals surface area contributed by atoms with Crippen LogP contribution in [0.5, 0.6) is 0 Å². The second-order valence-electron chi connectivity index (χ2n) is 7.64. The zero-order valence-corrected chi connectivity index (χ0v) is 18.8. The Bertz CT molecular complexity index is 1160. The standard InChI is InChI=1S/C24H26N4O3S/c1-3-13-27-17(2)26-28(24(27)30)20-7-9-21(10-8-20)32-22-6-4-5-19(16-22)25-23(29)18-11-14-31-15-12-18/h3-10,16,18H,1,11-15H2,2H3,(H,25,29). The van der Waals surface area contributed by atoms with Gasteiger partial charge in [0, 0.05) is 41.2 Å². The van der Waals surface area contributed by atoms with Crippen LogP contribution in [0.4, 0.5) is 5.69 Å². The number of nitrogens with zero attached hydrogens (tertiary/aromatic N) is 3. The molecule has 1 fully saturated rings. The van der Waals surface area contributed by atoms with Crippen molar-refractivity contribution in [1.29, 1.82) is 0 Å². The molecule has 0 aliphatic carbocycles. The number of hydrogen-bond donors (Lipinski definition) is 1. The summed E-state index contributed by atoms with van der Waals surface area (Å²) in [5.74, 6) is 0.707. The molecule has 1 aromatic heterocycles. The normalized spacial score (nSPS) is 14.3. The third kappa shape index (κ3) is 5.03. The molecule has 1 amide bonds. The molecule has 1 N–H and O–H groups in total.